The van der Waals surface area contributed by atoms with Gasteiger partial charge in [-0.15, -0.1) is 0 Å². The summed E-state index contributed by atoms with van der Waals surface area (Å²) in [5.74, 6) is 0. The van der Waals surface area contributed by atoms with Crippen molar-refractivity contribution in [3.05, 3.63) is 28.7 Å². The molecule has 11 heteroatoms. The van der Waals surface area contributed by atoms with Crippen LogP contribution in [0, 0.1) is 0 Å². The average molecular weight is 491 g/mol. The number of morpholine rings is 1. The number of thiocarbonyl (C=S) groups is 1. The van der Waals surface area contributed by atoms with Crippen molar-refractivity contribution >= 4 is 79.8 Å². The summed E-state index contributed by atoms with van der Waals surface area (Å²) >= 11 is 26.5. The third kappa shape index (κ3) is 6.96. The van der Waals surface area contributed by atoms with Crippen molar-refractivity contribution in [2.24, 2.45) is 0 Å². The molecule has 0 bridgehead atoms. The van der Waals surface area contributed by atoms with E-state index in [4.69, 9.17) is 51.8 Å². The van der Waals surface area contributed by atoms with Gasteiger partial charge in [0.1, 0.15) is 0 Å². The summed E-state index contributed by atoms with van der Waals surface area (Å²) in [6.45, 7) is 1.89. The second-order valence-corrected chi connectivity index (χ2v) is 8.82. The molecule has 25 heavy (non-hydrogen) atoms. The van der Waals surface area contributed by atoms with E-state index in [9.17, 15) is 4.79 Å². The molecule has 2 rings (SSSR count). The van der Waals surface area contributed by atoms with Crippen LogP contribution in [0.4, 0.5) is 10.5 Å². The number of amides is 2. The molecule has 1 heterocycles. The van der Waals surface area contributed by atoms with E-state index in [1.807, 2.05) is 24.3 Å². The topological polar surface area (TPSA) is 65.6 Å². The van der Waals surface area contributed by atoms with Crippen LogP contribution in [0.3, 0.4) is 0 Å². The van der Waals surface area contributed by atoms with Crippen molar-refractivity contribution in [1.82, 2.24) is 15.5 Å². The fraction of sp³-hybridized carbons (Fsp3) is 0.429. The molecule has 1 fully saturated rings. The minimum Gasteiger partial charge on any atom is -0.378 e. The number of urea groups is 1. The highest BCUT2D eigenvalue weighted by atomic mass is 79.9. The first-order chi connectivity index (χ1) is 11.8. The number of hydrogen-bond donors (Lipinski definition) is 3. The van der Waals surface area contributed by atoms with Crippen molar-refractivity contribution in [3.63, 3.8) is 0 Å². The lowest BCUT2D eigenvalue weighted by Crippen LogP contribution is -2.59. The van der Waals surface area contributed by atoms with Crippen LogP contribution < -0.4 is 16.0 Å². The van der Waals surface area contributed by atoms with Crippen LogP contribution in [0.15, 0.2) is 28.7 Å². The highest BCUT2D eigenvalue weighted by Gasteiger charge is 2.35. The molecular formula is C14H16BrCl3N4O2S. The standard InChI is InChI=1S/C14H16BrCl3N4O2S/c15-9-1-3-10(4-2-9)19-12(25)20-11(14(16,17)18)21-13(23)22-5-7-24-8-6-22/h1-4,11H,5-8H2,(H,21,23)(H2,19,20,25)/t11-/m1/s1. The molecule has 1 aliphatic heterocycles. The molecule has 1 aromatic carbocycles. The van der Waals surface area contributed by atoms with E-state index >= 15 is 0 Å². The Bertz CT molecular complexity index is 609. The number of carbonyl (C=O) groups excluding carboxylic acids is 1. The average Bonchev–Trinajstić information content (AvgIpc) is 2.56. The van der Waals surface area contributed by atoms with Gasteiger partial charge in [0, 0.05) is 23.2 Å². The van der Waals surface area contributed by atoms with E-state index in [0.717, 1.165) is 10.2 Å². The number of carbonyl (C=O) groups is 1. The van der Waals surface area contributed by atoms with Gasteiger partial charge in [-0.2, -0.15) is 0 Å². The van der Waals surface area contributed by atoms with E-state index in [2.05, 4.69) is 31.9 Å². The first-order valence-corrected chi connectivity index (χ1v) is 9.62. The van der Waals surface area contributed by atoms with Crippen LogP contribution in [-0.2, 0) is 4.74 Å². The fourth-order valence-corrected chi connectivity index (χ4v) is 2.84. The maximum absolute atomic E-state index is 12.3. The van der Waals surface area contributed by atoms with Gasteiger partial charge in [-0.1, -0.05) is 50.7 Å². The van der Waals surface area contributed by atoms with Gasteiger partial charge in [0.25, 0.3) is 0 Å². The predicted molar refractivity (Wildman–Crippen MR) is 109 cm³/mol. The normalized spacial score (nSPS) is 16.1. The second kappa shape index (κ2) is 9.43. The van der Waals surface area contributed by atoms with Gasteiger partial charge in [0.05, 0.1) is 13.2 Å². The summed E-state index contributed by atoms with van der Waals surface area (Å²) < 4.78 is 4.35. The van der Waals surface area contributed by atoms with E-state index in [1.54, 1.807) is 4.90 Å². The first kappa shape index (κ1) is 20.8. The Labute approximate surface area is 174 Å². The fourth-order valence-electron chi connectivity index (χ4n) is 2.01. The Morgan fingerprint density at radius 1 is 1.20 bits per heavy atom. The molecule has 0 radical (unpaired) electrons. The van der Waals surface area contributed by atoms with Gasteiger partial charge >= 0.3 is 6.03 Å². The van der Waals surface area contributed by atoms with E-state index in [0.29, 0.717) is 26.3 Å². The molecule has 1 atom stereocenters. The van der Waals surface area contributed by atoms with Gasteiger partial charge in [-0.25, -0.2) is 4.79 Å². The largest absolute Gasteiger partial charge is 0.378 e. The summed E-state index contributed by atoms with van der Waals surface area (Å²) in [7, 11) is 0. The molecular weight excluding hydrogens is 475 g/mol. The smallest absolute Gasteiger partial charge is 0.319 e. The quantitative estimate of drug-likeness (QED) is 0.344. The maximum atomic E-state index is 12.3. The molecule has 0 spiro atoms. The Morgan fingerprint density at radius 3 is 2.36 bits per heavy atom. The number of ether oxygens (including phenoxy) is 1. The van der Waals surface area contributed by atoms with Crippen LogP contribution in [0.25, 0.3) is 0 Å². The number of halogens is 4. The van der Waals surface area contributed by atoms with Crippen molar-refractivity contribution < 1.29 is 9.53 Å². The van der Waals surface area contributed by atoms with E-state index in [-0.39, 0.29) is 11.1 Å². The number of anilines is 1. The molecule has 1 aliphatic rings. The summed E-state index contributed by atoms with van der Waals surface area (Å²) in [6.07, 6.45) is -1.01. The molecule has 6 nitrogen and oxygen atoms in total. The third-order valence-electron chi connectivity index (χ3n) is 3.27. The second-order valence-electron chi connectivity index (χ2n) is 5.13. The lowest BCUT2D eigenvalue weighted by atomic mass is 10.3. The SMILES string of the molecule is O=C(N[C@@H](NC(=S)Nc1ccc(Br)cc1)C(Cl)(Cl)Cl)N1CCOCC1. The molecule has 0 saturated carbocycles. The Kier molecular flexibility index (Phi) is 7.85. The molecule has 1 aromatic rings. The molecule has 0 unspecified atom stereocenters. The van der Waals surface area contributed by atoms with E-state index < -0.39 is 9.96 Å². The Morgan fingerprint density at radius 2 is 1.80 bits per heavy atom. The summed E-state index contributed by atoms with van der Waals surface area (Å²) in [5.41, 5.74) is 0.753. The summed E-state index contributed by atoms with van der Waals surface area (Å²) in [6, 6.07) is 7.01. The van der Waals surface area contributed by atoms with Gasteiger partial charge in [-0.05, 0) is 36.5 Å². The molecule has 3 N–H and O–H groups in total. The number of benzene rings is 1. The molecule has 0 aliphatic carbocycles. The van der Waals surface area contributed by atoms with Gasteiger partial charge in [-0.3, -0.25) is 0 Å². The zero-order valence-corrected chi connectivity index (χ0v) is 17.6. The molecule has 138 valence electrons. The maximum Gasteiger partial charge on any atom is 0.319 e. The minimum atomic E-state index is -1.80. The minimum absolute atomic E-state index is 0.209. The third-order valence-corrected chi connectivity index (χ3v) is 4.67. The van der Waals surface area contributed by atoms with Crippen LogP contribution in [0.2, 0.25) is 0 Å². The van der Waals surface area contributed by atoms with Crippen LogP contribution in [0.1, 0.15) is 0 Å². The highest BCUT2D eigenvalue weighted by Crippen LogP contribution is 2.29. The Balaban J connectivity index is 1.95. The monoisotopic (exact) mass is 488 g/mol. The Hall–Kier alpha value is -0.510. The number of alkyl halides is 3. The van der Waals surface area contributed by atoms with Crippen molar-refractivity contribution in [1.29, 1.82) is 0 Å². The van der Waals surface area contributed by atoms with E-state index in [1.165, 1.54) is 0 Å². The summed E-state index contributed by atoms with van der Waals surface area (Å²) in [5, 5.41) is 8.63. The van der Waals surface area contributed by atoms with Crippen LogP contribution in [0.5, 0.6) is 0 Å². The number of hydrogen-bond acceptors (Lipinski definition) is 3. The molecule has 1 saturated heterocycles. The molecule has 2 amide bonds. The van der Waals surface area contributed by atoms with Crippen LogP contribution in [-0.4, -0.2) is 52.3 Å². The van der Waals surface area contributed by atoms with Crippen molar-refractivity contribution in [2.75, 3.05) is 31.6 Å². The van der Waals surface area contributed by atoms with Gasteiger partial charge < -0.3 is 25.6 Å². The number of nitrogens with one attached hydrogen (secondary N) is 3. The van der Waals surface area contributed by atoms with Crippen LogP contribution >= 0.6 is 63.0 Å². The summed E-state index contributed by atoms with van der Waals surface area (Å²) in [4.78, 5) is 13.9. The zero-order chi connectivity index (χ0) is 18.4. The number of rotatable bonds is 3. The van der Waals surface area contributed by atoms with Crippen molar-refractivity contribution in [2.45, 2.75) is 9.96 Å². The van der Waals surface area contributed by atoms with Gasteiger partial charge in [0.15, 0.2) is 11.3 Å². The predicted octanol–water partition coefficient (Wildman–Crippen LogP) is 3.47. The number of nitrogens with zero attached hydrogens (tertiary/aromatic N) is 1. The highest BCUT2D eigenvalue weighted by molar-refractivity contribution is 9.10. The lowest BCUT2D eigenvalue weighted by molar-refractivity contribution is 0.0524. The first-order valence-electron chi connectivity index (χ1n) is 7.28. The van der Waals surface area contributed by atoms with Gasteiger partial charge in [0.2, 0.25) is 3.79 Å². The zero-order valence-electron chi connectivity index (χ0n) is 12.9. The van der Waals surface area contributed by atoms with Crippen molar-refractivity contribution in [3.8, 4) is 0 Å². The molecule has 0 aromatic heterocycles. The lowest BCUT2D eigenvalue weighted by Gasteiger charge is -2.32.